The first-order valence-corrected chi connectivity index (χ1v) is 10.2. The Bertz CT molecular complexity index is 965. The van der Waals surface area contributed by atoms with E-state index in [1.165, 1.54) is 5.56 Å². The lowest BCUT2D eigenvalue weighted by Gasteiger charge is -2.31. The lowest BCUT2D eigenvalue weighted by molar-refractivity contribution is 0.203. The number of pyridine rings is 1. The molecule has 1 aliphatic heterocycles. The quantitative estimate of drug-likeness (QED) is 0.672. The number of H-pyrrole nitrogens is 1. The van der Waals surface area contributed by atoms with Crippen LogP contribution in [0.25, 0.3) is 0 Å². The van der Waals surface area contributed by atoms with Crippen LogP contribution in [0.15, 0.2) is 65.7 Å². The summed E-state index contributed by atoms with van der Waals surface area (Å²) in [4.78, 5) is 26.4. The fraction of sp³-hybridized carbons (Fsp3) is 0.348. The molecule has 2 aromatic heterocycles. The summed E-state index contributed by atoms with van der Waals surface area (Å²) < 4.78 is 0. The number of rotatable bonds is 6. The first kappa shape index (κ1) is 19.3. The van der Waals surface area contributed by atoms with E-state index in [9.17, 15) is 4.79 Å². The van der Waals surface area contributed by atoms with Crippen LogP contribution >= 0.6 is 0 Å². The molecule has 1 aromatic carbocycles. The molecule has 6 heteroatoms. The Hall–Kier alpha value is -2.99. The first-order chi connectivity index (χ1) is 14.2. The van der Waals surface area contributed by atoms with Crippen molar-refractivity contribution in [3.05, 3.63) is 88.1 Å². The zero-order valence-electron chi connectivity index (χ0n) is 16.7. The van der Waals surface area contributed by atoms with Gasteiger partial charge in [0.25, 0.3) is 5.56 Å². The van der Waals surface area contributed by atoms with Crippen molar-refractivity contribution in [1.29, 1.82) is 0 Å². The Morgan fingerprint density at radius 1 is 1.17 bits per heavy atom. The minimum Gasteiger partial charge on any atom is -0.349 e. The molecule has 4 rings (SSSR count). The second-order valence-corrected chi connectivity index (χ2v) is 7.71. The predicted octanol–water partition coefficient (Wildman–Crippen LogP) is 3.72. The Morgan fingerprint density at radius 3 is 2.69 bits per heavy atom. The lowest BCUT2D eigenvalue weighted by Crippen LogP contribution is -2.33. The maximum absolute atomic E-state index is 12.2. The fourth-order valence-corrected chi connectivity index (χ4v) is 3.92. The fourth-order valence-electron chi connectivity index (χ4n) is 3.92. The predicted molar refractivity (Wildman–Crippen MR) is 115 cm³/mol. The van der Waals surface area contributed by atoms with Crippen LogP contribution in [-0.4, -0.2) is 32.9 Å². The molecule has 3 aromatic rings. The van der Waals surface area contributed by atoms with E-state index in [0.717, 1.165) is 43.7 Å². The Kier molecular flexibility index (Phi) is 6.00. The van der Waals surface area contributed by atoms with Gasteiger partial charge in [0.15, 0.2) is 0 Å². The lowest BCUT2D eigenvalue weighted by atomic mass is 9.93. The van der Waals surface area contributed by atoms with Gasteiger partial charge in [-0.1, -0.05) is 36.4 Å². The van der Waals surface area contributed by atoms with Gasteiger partial charge in [-0.3, -0.25) is 19.7 Å². The monoisotopic (exact) mass is 389 g/mol. The molecule has 0 radical (unpaired) electrons. The van der Waals surface area contributed by atoms with Crippen molar-refractivity contribution < 1.29 is 0 Å². The molecule has 29 heavy (non-hydrogen) atoms. The third-order valence-corrected chi connectivity index (χ3v) is 5.55. The molecule has 0 spiro atoms. The zero-order chi connectivity index (χ0) is 20.1. The largest absolute Gasteiger partial charge is 0.349 e. The first-order valence-electron chi connectivity index (χ1n) is 10.2. The number of aromatic nitrogens is 3. The Labute approximate surface area is 171 Å². The van der Waals surface area contributed by atoms with Crippen LogP contribution in [0.5, 0.6) is 0 Å². The summed E-state index contributed by atoms with van der Waals surface area (Å²) in [5, 5.41) is 3.34. The summed E-state index contributed by atoms with van der Waals surface area (Å²) in [7, 11) is 0. The van der Waals surface area contributed by atoms with Crippen molar-refractivity contribution in [2.75, 3.05) is 18.4 Å². The number of likely N-dealkylation sites (tertiary alicyclic amines) is 1. The zero-order valence-corrected chi connectivity index (χ0v) is 16.7. The summed E-state index contributed by atoms with van der Waals surface area (Å²) in [6, 6.07) is 16.0. The molecule has 1 atom stereocenters. The maximum Gasteiger partial charge on any atom is 0.252 e. The summed E-state index contributed by atoms with van der Waals surface area (Å²) in [5.74, 6) is 0.858. The Balaban J connectivity index is 1.40. The van der Waals surface area contributed by atoms with Gasteiger partial charge in [0.1, 0.15) is 0 Å². The van der Waals surface area contributed by atoms with Crippen molar-refractivity contribution in [2.24, 2.45) is 0 Å². The van der Waals surface area contributed by atoms with Crippen LogP contribution in [0, 0.1) is 0 Å². The molecule has 150 valence electrons. The molecular formula is C23H27N5O. The van der Waals surface area contributed by atoms with Gasteiger partial charge in [0, 0.05) is 30.9 Å². The normalized spacial score (nSPS) is 16.4. The van der Waals surface area contributed by atoms with Crippen LogP contribution in [0.3, 0.4) is 0 Å². The van der Waals surface area contributed by atoms with Crippen molar-refractivity contribution in [3.8, 4) is 0 Å². The van der Waals surface area contributed by atoms with E-state index in [1.807, 2.05) is 30.5 Å². The van der Waals surface area contributed by atoms with Gasteiger partial charge in [-0.25, -0.2) is 4.98 Å². The minimum atomic E-state index is -0.101. The van der Waals surface area contributed by atoms with E-state index in [1.54, 1.807) is 12.3 Å². The average molecular weight is 390 g/mol. The number of anilines is 1. The molecule has 0 unspecified atom stereocenters. The van der Waals surface area contributed by atoms with Crippen molar-refractivity contribution in [2.45, 2.75) is 38.3 Å². The van der Waals surface area contributed by atoms with Crippen LogP contribution in [0.2, 0.25) is 0 Å². The maximum atomic E-state index is 12.2. The summed E-state index contributed by atoms with van der Waals surface area (Å²) in [5.41, 5.74) is 3.18. The highest BCUT2D eigenvalue weighted by molar-refractivity contribution is 5.32. The molecule has 1 fully saturated rings. The summed E-state index contributed by atoms with van der Waals surface area (Å²) in [6.07, 6.45) is 5.74. The number of hydrogen-bond acceptors (Lipinski definition) is 5. The number of hydrogen-bond donors (Lipinski definition) is 2. The van der Waals surface area contributed by atoms with Crippen molar-refractivity contribution in [3.63, 3.8) is 0 Å². The van der Waals surface area contributed by atoms with E-state index in [0.29, 0.717) is 11.9 Å². The van der Waals surface area contributed by atoms with E-state index >= 15 is 0 Å². The topological polar surface area (TPSA) is 73.9 Å². The third-order valence-electron chi connectivity index (χ3n) is 5.55. The van der Waals surface area contributed by atoms with Crippen LogP contribution in [0.1, 0.15) is 48.5 Å². The molecule has 0 aliphatic carbocycles. The molecule has 0 saturated carbocycles. The SMILES string of the molecule is C[C@H](Nc1nc(C2CCN(Cc3cccnc3)CC2)cc(=O)[nH]1)c1ccccc1. The molecule has 3 heterocycles. The summed E-state index contributed by atoms with van der Waals surface area (Å²) in [6.45, 7) is 4.98. The van der Waals surface area contributed by atoms with Gasteiger partial charge >= 0.3 is 0 Å². The van der Waals surface area contributed by atoms with E-state index in [4.69, 9.17) is 4.98 Å². The van der Waals surface area contributed by atoms with Gasteiger partial charge in [0.05, 0.1) is 11.7 Å². The highest BCUT2D eigenvalue weighted by Crippen LogP contribution is 2.27. The second kappa shape index (κ2) is 9.01. The average Bonchev–Trinajstić information content (AvgIpc) is 2.75. The second-order valence-electron chi connectivity index (χ2n) is 7.71. The molecule has 0 bridgehead atoms. The van der Waals surface area contributed by atoms with E-state index in [2.05, 4.69) is 45.3 Å². The number of nitrogens with zero attached hydrogens (tertiary/aromatic N) is 3. The highest BCUT2D eigenvalue weighted by atomic mass is 16.1. The van der Waals surface area contributed by atoms with Gasteiger partial charge in [-0.05, 0) is 50.0 Å². The van der Waals surface area contributed by atoms with E-state index in [-0.39, 0.29) is 11.6 Å². The van der Waals surface area contributed by atoms with Gasteiger partial charge in [-0.2, -0.15) is 0 Å². The molecular weight excluding hydrogens is 362 g/mol. The van der Waals surface area contributed by atoms with Crippen LogP contribution in [0.4, 0.5) is 5.95 Å². The molecule has 1 aliphatic rings. The standard InChI is InChI=1S/C23H27N5O/c1-17(19-7-3-2-4-8-19)25-23-26-21(14-22(29)27-23)20-9-12-28(13-10-20)16-18-6-5-11-24-15-18/h2-8,11,14-15,17,20H,9-10,12-13,16H2,1H3,(H2,25,26,27,29)/t17-/m0/s1. The molecule has 0 amide bonds. The van der Waals surface area contributed by atoms with Crippen molar-refractivity contribution >= 4 is 5.95 Å². The molecule has 2 N–H and O–H groups in total. The van der Waals surface area contributed by atoms with Gasteiger partial charge < -0.3 is 5.32 Å². The number of nitrogens with one attached hydrogen (secondary N) is 2. The van der Waals surface area contributed by atoms with Crippen molar-refractivity contribution in [1.82, 2.24) is 19.9 Å². The van der Waals surface area contributed by atoms with Crippen LogP contribution < -0.4 is 10.9 Å². The summed E-state index contributed by atoms with van der Waals surface area (Å²) >= 11 is 0. The smallest absolute Gasteiger partial charge is 0.252 e. The molecule has 6 nitrogen and oxygen atoms in total. The number of piperidine rings is 1. The highest BCUT2D eigenvalue weighted by Gasteiger charge is 2.22. The number of aromatic amines is 1. The number of benzene rings is 1. The van der Waals surface area contributed by atoms with E-state index < -0.39 is 0 Å². The minimum absolute atomic E-state index is 0.0657. The third kappa shape index (κ3) is 5.09. The van der Waals surface area contributed by atoms with Crippen LogP contribution in [-0.2, 0) is 6.54 Å². The Morgan fingerprint density at radius 2 is 1.97 bits per heavy atom. The van der Waals surface area contributed by atoms with Gasteiger partial charge in [-0.15, -0.1) is 0 Å². The van der Waals surface area contributed by atoms with Gasteiger partial charge in [0.2, 0.25) is 5.95 Å². The molecule has 1 saturated heterocycles.